The monoisotopic (exact) mass is 372 g/mol. The van der Waals surface area contributed by atoms with E-state index in [-0.39, 0.29) is 11.9 Å². The Labute approximate surface area is 125 Å². The Morgan fingerprint density at radius 3 is 2.61 bits per heavy atom. The maximum Gasteiger partial charge on any atom is 0.256 e. The number of halogens is 1. The molecule has 3 nitrogen and oxygen atoms in total. The topological polar surface area (TPSA) is 23.6 Å². The molecule has 1 amide bonds. The smallest absolute Gasteiger partial charge is 0.256 e. The van der Waals surface area contributed by atoms with E-state index in [0.717, 1.165) is 35.1 Å². The van der Waals surface area contributed by atoms with Gasteiger partial charge in [-0.2, -0.15) is 0 Å². The lowest BCUT2D eigenvalue weighted by Gasteiger charge is -2.27. The molecule has 1 aromatic rings. The molecular formula is C13H13IN2OS. The summed E-state index contributed by atoms with van der Waals surface area (Å²) in [5, 5.41) is 0.672. The second kappa shape index (κ2) is 4.77. The lowest BCUT2D eigenvalue weighted by atomic mass is 10.0. The first-order valence-corrected chi connectivity index (χ1v) is 7.57. The van der Waals surface area contributed by atoms with Crippen LogP contribution in [0.4, 0.5) is 5.69 Å². The number of thiocarbonyl (C=S) groups is 1. The molecule has 0 bridgehead atoms. The molecule has 0 radical (unpaired) electrons. The summed E-state index contributed by atoms with van der Waals surface area (Å²) in [4.78, 5) is 16.2. The van der Waals surface area contributed by atoms with E-state index in [1.807, 2.05) is 24.3 Å². The molecule has 2 heterocycles. The Morgan fingerprint density at radius 1 is 1.22 bits per heavy atom. The Bertz CT molecular complexity index is 478. The van der Waals surface area contributed by atoms with Gasteiger partial charge < -0.3 is 4.90 Å². The van der Waals surface area contributed by atoms with Gasteiger partial charge in [-0.25, -0.2) is 0 Å². The fourth-order valence-corrected chi connectivity index (χ4v) is 3.39. The number of amides is 1. The van der Waals surface area contributed by atoms with Gasteiger partial charge in [0.05, 0.1) is 5.69 Å². The molecule has 0 N–H and O–H groups in total. The van der Waals surface area contributed by atoms with Crippen molar-refractivity contribution in [3.8, 4) is 0 Å². The zero-order valence-corrected chi connectivity index (χ0v) is 12.8. The number of piperidine rings is 1. The molecule has 2 aliphatic rings. The molecule has 3 rings (SSSR count). The van der Waals surface area contributed by atoms with Crippen molar-refractivity contribution in [1.29, 1.82) is 0 Å². The van der Waals surface area contributed by atoms with Crippen LogP contribution in [0.3, 0.4) is 0 Å². The van der Waals surface area contributed by atoms with Crippen molar-refractivity contribution in [3.05, 3.63) is 27.8 Å². The predicted molar refractivity (Wildman–Crippen MR) is 83.6 cm³/mol. The third kappa shape index (κ3) is 1.93. The van der Waals surface area contributed by atoms with Crippen LogP contribution >= 0.6 is 34.8 Å². The summed E-state index contributed by atoms with van der Waals surface area (Å²) in [5.74, 6) is 0.140. The molecule has 0 saturated carbocycles. The molecular weight excluding hydrogens is 359 g/mol. The van der Waals surface area contributed by atoms with Crippen molar-refractivity contribution in [2.45, 2.75) is 25.3 Å². The van der Waals surface area contributed by atoms with Crippen LogP contribution in [0.1, 0.15) is 19.3 Å². The number of hydrogen-bond donors (Lipinski definition) is 0. The van der Waals surface area contributed by atoms with Gasteiger partial charge in [0, 0.05) is 10.1 Å². The zero-order valence-electron chi connectivity index (χ0n) is 9.80. The Kier molecular flexibility index (Phi) is 3.27. The van der Waals surface area contributed by atoms with Gasteiger partial charge >= 0.3 is 0 Å². The molecule has 1 aromatic carbocycles. The van der Waals surface area contributed by atoms with E-state index in [1.165, 1.54) is 0 Å². The number of hydrogen-bond acceptors (Lipinski definition) is 2. The van der Waals surface area contributed by atoms with Crippen LogP contribution in [0.2, 0.25) is 0 Å². The van der Waals surface area contributed by atoms with Gasteiger partial charge in [0.25, 0.3) is 5.91 Å². The van der Waals surface area contributed by atoms with Gasteiger partial charge in [0.15, 0.2) is 5.11 Å². The Morgan fingerprint density at radius 2 is 1.94 bits per heavy atom. The summed E-state index contributed by atoms with van der Waals surface area (Å²) in [6.45, 7) is 0.913. The molecule has 5 heteroatoms. The molecule has 94 valence electrons. The number of rotatable bonds is 1. The molecule has 2 aliphatic heterocycles. The van der Waals surface area contributed by atoms with Crippen molar-refractivity contribution >= 4 is 51.5 Å². The number of nitrogens with zero attached hydrogens (tertiary/aromatic N) is 2. The number of carbonyl (C=O) groups is 1. The van der Waals surface area contributed by atoms with Crippen molar-refractivity contribution in [3.63, 3.8) is 0 Å². The fourth-order valence-electron chi connectivity index (χ4n) is 2.62. The second-order valence-electron chi connectivity index (χ2n) is 4.64. The number of benzene rings is 1. The third-order valence-corrected chi connectivity index (χ3v) is 4.67. The number of carbonyl (C=O) groups excluding carboxylic acids is 1. The van der Waals surface area contributed by atoms with Gasteiger partial charge in [-0.1, -0.05) is 0 Å². The van der Waals surface area contributed by atoms with Crippen LogP contribution in [0.15, 0.2) is 24.3 Å². The highest BCUT2D eigenvalue weighted by Gasteiger charge is 2.43. The highest BCUT2D eigenvalue weighted by molar-refractivity contribution is 14.1. The SMILES string of the molecule is O=C1C2CCCCN2C(=S)N1c1ccc(I)cc1. The normalized spacial score (nSPS) is 23.5. The first-order chi connectivity index (χ1) is 8.68. The van der Waals surface area contributed by atoms with Crippen molar-refractivity contribution in [2.24, 2.45) is 0 Å². The van der Waals surface area contributed by atoms with Crippen LogP contribution in [0, 0.1) is 3.57 Å². The minimum atomic E-state index is -0.0227. The van der Waals surface area contributed by atoms with Crippen LogP contribution < -0.4 is 4.90 Å². The summed E-state index contributed by atoms with van der Waals surface area (Å²) in [6.07, 6.45) is 3.18. The van der Waals surface area contributed by atoms with Gasteiger partial charge in [-0.05, 0) is 78.3 Å². The Balaban J connectivity index is 1.95. The summed E-state index contributed by atoms with van der Waals surface area (Å²) in [7, 11) is 0. The van der Waals surface area contributed by atoms with E-state index in [9.17, 15) is 4.79 Å². The molecule has 1 unspecified atom stereocenters. The standard InChI is InChI=1S/C13H13IN2OS/c14-9-4-6-10(7-5-9)16-12(17)11-3-1-2-8-15(11)13(16)18/h4-7,11H,1-3,8H2. The van der Waals surface area contributed by atoms with E-state index in [2.05, 4.69) is 27.5 Å². The summed E-state index contributed by atoms with van der Waals surface area (Å²) in [5.41, 5.74) is 0.889. The lowest BCUT2D eigenvalue weighted by Crippen LogP contribution is -2.38. The van der Waals surface area contributed by atoms with Crippen LogP contribution in [0.5, 0.6) is 0 Å². The summed E-state index contributed by atoms with van der Waals surface area (Å²) < 4.78 is 1.16. The van der Waals surface area contributed by atoms with E-state index in [0.29, 0.717) is 5.11 Å². The van der Waals surface area contributed by atoms with Crippen molar-refractivity contribution < 1.29 is 4.79 Å². The average Bonchev–Trinajstić information content (AvgIpc) is 2.64. The van der Waals surface area contributed by atoms with Gasteiger partial charge in [-0.3, -0.25) is 9.69 Å². The summed E-state index contributed by atoms with van der Waals surface area (Å²) in [6, 6.07) is 7.91. The van der Waals surface area contributed by atoms with E-state index in [1.54, 1.807) is 4.90 Å². The van der Waals surface area contributed by atoms with E-state index >= 15 is 0 Å². The molecule has 2 saturated heterocycles. The predicted octanol–water partition coefficient (Wildman–Crippen LogP) is 2.78. The first kappa shape index (κ1) is 12.3. The number of anilines is 1. The largest absolute Gasteiger partial charge is 0.336 e. The van der Waals surface area contributed by atoms with Gasteiger partial charge in [0.1, 0.15) is 6.04 Å². The highest BCUT2D eigenvalue weighted by Crippen LogP contribution is 2.30. The van der Waals surface area contributed by atoms with Gasteiger partial charge in [-0.15, -0.1) is 0 Å². The number of fused-ring (bicyclic) bond motifs is 1. The van der Waals surface area contributed by atoms with Crippen molar-refractivity contribution in [1.82, 2.24) is 4.90 Å². The zero-order chi connectivity index (χ0) is 12.7. The molecule has 0 aliphatic carbocycles. The van der Waals surface area contributed by atoms with Crippen LogP contribution in [0.25, 0.3) is 0 Å². The minimum absolute atomic E-state index is 0.0227. The molecule has 0 aromatic heterocycles. The average molecular weight is 372 g/mol. The molecule has 2 fully saturated rings. The third-order valence-electron chi connectivity index (χ3n) is 3.53. The maximum atomic E-state index is 12.4. The minimum Gasteiger partial charge on any atom is -0.336 e. The summed E-state index contributed by atoms with van der Waals surface area (Å²) >= 11 is 7.72. The van der Waals surface area contributed by atoms with Crippen LogP contribution in [-0.4, -0.2) is 28.5 Å². The molecule has 0 spiro atoms. The fraction of sp³-hybridized carbons (Fsp3) is 0.385. The molecule has 1 atom stereocenters. The highest BCUT2D eigenvalue weighted by atomic mass is 127. The lowest BCUT2D eigenvalue weighted by molar-refractivity contribution is -0.120. The van der Waals surface area contributed by atoms with Gasteiger partial charge in [0.2, 0.25) is 0 Å². The Hall–Kier alpha value is -0.690. The van der Waals surface area contributed by atoms with Crippen molar-refractivity contribution in [2.75, 3.05) is 11.4 Å². The van der Waals surface area contributed by atoms with E-state index in [4.69, 9.17) is 12.2 Å². The second-order valence-corrected chi connectivity index (χ2v) is 6.25. The quantitative estimate of drug-likeness (QED) is 0.560. The van der Waals surface area contributed by atoms with E-state index < -0.39 is 0 Å². The molecule has 18 heavy (non-hydrogen) atoms. The maximum absolute atomic E-state index is 12.4. The first-order valence-electron chi connectivity index (χ1n) is 6.08. The van der Waals surface area contributed by atoms with Crippen LogP contribution in [-0.2, 0) is 4.79 Å².